The van der Waals surface area contributed by atoms with Gasteiger partial charge in [-0.25, -0.2) is 0 Å². The normalized spacial score (nSPS) is 25.7. The highest BCUT2D eigenvalue weighted by Crippen LogP contribution is 2.24. The summed E-state index contributed by atoms with van der Waals surface area (Å²) in [6.45, 7) is 2.34. The van der Waals surface area contributed by atoms with Crippen molar-refractivity contribution in [3.8, 4) is 0 Å². The van der Waals surface area contributed by atoms with E-state index in [1.807, 2.05) is 18.2 Å². The molecule has 1 heterocycles. The van der Waals surface area contributed by atoms with Crippen LogP contribution in [0.2, 0.25) is 0 Å². The Balaban J connectivity index is 2.38. The van der Waals surface area contributed by atoms with Crippen LogP contribution >= 0.6 is 0 Å². The highest BCUT2D eigenvalue weighted by Gasteiger charge is 2.39. The van der Waals surface area contributed by atoms with Gasteiger partial charge in [0.2, 0.25) is 0 Å². The highest BCUT2D eigenvalue weighted by atomic mass is 16.1. The summed E-state index contributed by atoms with van der Waals surface area (Å²) < 4.78 is 0. The number of carbonyl (C=O) groups excluding carboxylic acids is 1. The standard InChI is InChI=1S/C10H12N2O/c1-7(13)8-3-2-4-9(5-8)10(11)6-12-10/h2-5,12H,6,11H2,1H3. The molecule has 0 aromatic heterocycles. The molecular formula is C10H12N2O. The lowest BCUT2D eigenvalue weighted by molar-refractivity contribution is 0.101. The minimum absolute atomic E-state index is 0.0751. The van der Waals surface area contributed by atoms with Crippen molar-refractivity contribution in [1.82, 2.24) is 5.32 Å². The zero-order chi connectivity index (χ0) is 9.47. The molecule has 0 spiro atoms. The molecule has 3 heteroatoms. The average molecular weight is 176 g/mol. The van der Waals surface area contributed by atoms with Gasteiger partial charge in [-0.3, -0.25) is 10.1 Å². The summed E-state index contributed by atoms with van der Waals surface area (Å²) in [7, 11) is 0. The minimum Gasteiger partial charge on any atom is -0.308 e. The molecule has 3 N–H and O–H groups in total. The van der Waals surface area contributed by atoms with Crippen LogP contribution in [0.25, 0.3) is 0 Å². The maximum absolute atomic E-state index is 11.1. The van der Waals surface area contributed by atoms with E-state index in [1.165, 1.54) is 0 Å². The molecule has 3 nitrogen and oxygen atoms in total. The van der Waals surface area contributed by atoms with E-state index in [9.17, 15) is 4.79 Å². The monoisotopic (exact) mass is 176 g/mol. The predicted octanol–water partition coefficient (Wildman–Crippen LogP) is 0.604. The third-order valence-electron chi connectivity index (χ3n) is 2.34. The molecule has 0 aliphatic carbocycles. The van der Waals surface area contributed by atoms with Crippen LogP contribution in [0.3, 0.4) is 0 Å². The second-order valence-corrected chi connectivity index (χ2v) is 3.46. The van der Waals surface area contributed by atoms with Gasteiger partial charge in [0, 0.05) is 12.1 Å². The fourth-order valence-electron chi connectivity index (χ4n) is 1.32. The van der Waals surface area contributed by atoms with Crippen LogP contribution in [0.5, 0.6) is 0 Å². The molecule has 2 rings (SSSR count). The maximum Gasteiger partial charge on any atom is 0.159 e. The Labute approximate surface area is 76.9 Å². The highest BCUT2D eigenvalue weighted by molar-refractivity contribution is 5.94. The van der Waals surface area contributed by atoms with E-state index in [2.05, 4.69) is 5.32 Å². The first-order chi connectivity index (χ1) is 6.12. The minimum atomic E-state index is -0.383. The van der Waals surface area contributed by atoms with Crippen LogP contribution in [0, 0.1) is 0 Å². The Kier molecular flexibility index (Phi) is 1.71. The van der Waals surface area contributed by atoms with Gasteiger partial charge >= 0.3 is 0 Å². The van der Waals surface area contributed by atoms with E-state index in [-0.39, 0.29) is 11.4 Å². The van der Waals surface area contributed by atoms with Gasteiger partial charge in [-0.05, 0) is 18.6 Å². The fraction of sp³-hybridized carbons (Fsp3) is 0.300. The van der Waals surface area contributed by atoms with Crippen LogP contribution in [0.4, 0.5) is 0 Å². The molecule has 0 radical (unpaired) electrons. The summed E-state index contributed by atoms with van der Waals surface area (Å²) in [4.78, 5) is 11.1. The summed E-state index contributed by atoms with van der Waals surface area (Å²) in [5, 5.41) is 3.06. The van der Waals surface area contributed by atoms with Crippen LogP contribution in [0.1, 0.15) is 22.8 Å². The topological polar surface area (TPSA) is 65.0 Å². The van der Waals surface area contributed by atoms with Gasteiger partial charge in [-0.15, -0.1) is 0 Å². The van der Waals surface area contributed by atoms with Crippen molar-refractivity contribution in [3.05, 3.63) is 35.4 Å². The van der Waals surface area contributed by atoms with Crippen LogP contribution in [0.15, 0.2) is 24.3 Å². The van der Waals surface area contributed by atoms with Crippen molar-refractivity contribution in [2.24, 2.45) is 5.73 Å². The number of benzene rings is 1. The lowest BCUT2D eigenvalue weighted by Gasteiger charge is -2.07. The first-order valence-corrected chi connectivity index (χ1v) is 4.27. The molecule has 1 aliphatic heterocycles. The zero-order valence-corrected chi connectivity index (χ0v) is 7.50. The summed E-state index contributed by atoms with van der Waals surface area (Å²) in [6, 6.07) is 7.45. The molecule has 1 aliphatic rings. The first-order valence-electron chi connectivity index (χ1n) is 4.27. The zero-order valence-electron chi connectivity index (χ0n) is 7.50. The molecule has 0 bridgehead atoms. The van der Waals surface area contributed by atoms with Gasteiger partial charge in [0.1, 0.15) is 5.66 Å². The Bertz CT molecular complexity index is 356. The van der Waals surface area contributed by atoms with Gasteiger partial charge in [0.05, 0.1) is 0 Å². The van der Waals surface area contributed by atoms with E-state index >= 15 is 0 Å². The molecule has 0 saturated carbocycles. The Morgan fingerprint density at radius 1 is 1.62 bits per heavy atom. The molecule has 68 valence electrons. The third-order valence-corrected chi connectivity index (χ3v) is 2.34. The van der Waals surface area contributed by atoms with Crippen LogP contribution < -0.4 is 11.1 Å². The summed E-state index contributed by atoms with van der Waals surface area (Å²) >= 11 is 0. The Morgan fingerprint density at radius 2 is 2.31 bits per heavy atom. The molecule has 1 aromatic carbocycles. The molecular weight excluding hydrogens is 164 g/mol. The number of hydrogen-bond acceptors (Lipinski definition) is 3. The smallest absolute Gasteiger partial charge is 0.159 e. The Hall–Kier alpha value is -1.19. The van der Waals surface area contributed by atoms with Gasteiger partial charge < -0.3 is 5.73 Å². The van der Waals surface area contributed by atoms with Crippen molar-refractivity contribution < 1.29 is 4.79 Å². The fourth-order valence-corrected chi connectivity index (χ4v) is 1.32. The molecule has 1 fully saturated rings. The number of rotatable bonds is 2. The number of nitrogens with one attached hydrogen (secondary N) is 1. The number of nitrogens with two attached hydrogens (primary N) is 1. The van der Waals surface area contributed by atoms with Crippen molar-refractivity contribution in [2.75, 3.05) is 6.54 Å². The largest absolute Gasteiger partial charge is 0.308 e. The molecule has 1 saturated heterocycles. The number of carbonyl (C=O) groups is 1. The quantitative estimate of drug-likeness (QED) is 0.512. The molecule has 1 unspecified atom stereocenters. The first kappa shape index (κ1) is 8.41. The van der Waals surface area contributed by atoms with Crippen molar-refractivity contribution in [1.29, 1.82) is 0 Å². The predicted molar refractivity (Wildman–Crippen MR) is 50.3 cm³/mol. The summed E-state index contributed by atoms with van der Waals surface area (Å²) in [5.74, 6) is 0.0751. The van der Waals surface area contributed by atoms with E-state index < -0.39 is 0 Å². The van der Waals surface area contributed by atoms with Crippen molar-refractivity contribution in [2.45, 2.75) is 12.6 Å². The molecule has 1 aromatic rings. The van der Waals surface area contributed by atoms with E-state index in [4.69, 9.17) is 5.73 Å². The third kappa shape index (κ3) is 1.48. The second kappa shape index (κ2) is 2.65. The van der Waals surface area contributed by atoms with Gasteiger partial charge in [0.25, 0.3) is 0 Å². The maximum atomic E-state index is 11.1. The van der Waals surface area contributed by atoms with E-state index in [1.54, 1.807) is 13.0 Å². The lowest BCUT2D eigenvalue weighted by atomic mass is 10.0. The SMILES string of the molecule is CC(=O)c1cccc(C2(N)CN2)c1. The number of hydrogen-bond donors (Lipinski definition) is 2. The van der Waals surface area contributed by atoms with Crippen LogP contribution in [-0.4, -0.2) is 12.3 Å². The van der Waals surface area contributed by atoms with Crippen molar-refractivity contribution >= 4 is 5.78 Å². The summed E-state index contributed by atoms with van der Waals surface area (Å²) in [6.07, 6.45) is 0. The summed E-state index contributed by atoms with van der Waals surface area (Å²) in [5.41, 5.74) is 7.24. The Morgan fingerprint density at radius 3 is 2.85 bits per heavy atom. The lowest BCUT2D eigenvalue weighted by Crippen LogP contribution is -2.24. The number of ketones is 1. The number of Topliss-reactive ketones (excluding diaryl/α,β-unsaturated/α-hetero) is 1. The van der Waals surface area contributed by atoms with Crippen molar-refractivity contribution in [3.63, 3.8) is 0 Å². The average Bonchev–Trinajstić information content (AvgIpc) is 2.85. The molecule has 0 amide bonds. The van der Waals surface area contributed by atoms with Gasteiger partial charge in [-0.1, -0.05) is 18.2 Å². The second-order valence-electron chi connectivity index (χ2n) is 3.46. The molecule has 1 atom stereocenters. The van der Waals surface area contributed by atoms with E-state index in [0.717, 1.165) is 17.7 Å². The van der Waals surface area contributed by atoms with Crippen LogP contribution in [-0.2, 0) is 5.66 Å². The van der Waals surface area contributed by atoms with Gasteiger partial charge in [-0.2, -0.15) is 0 Å². The van der Waals surface area contributed by atoms with Gasteiger partial charge in [0.15, 0.2) is 5.78 Å². The molecule has 13 heavy (non-hydrogen) atoms. The van der Waals surface area contributed by atoms with E-state index in [0.29, 0.717) is 0 Å².